The van der Waals surface area contributed by atoms with E-state index < -0.39 is 18.3 Å². The summed E-state index contributed by atoms with van der Waals surface area (Å²) in [7, 11) is 0. The molecule has 106 valence electrons. The molecule has 2 N–H and O–H groups in total. The van der Waals surface area contributed by atoms with Crippen molar-refractivity contribution >= 4 is 11.8 Å². The van der Waals surface area contributed by atoms with E-state index in [9.17, 15) is 10.2 Å². The van der Waals surface area contributed by atoms with Crippen LogP contribution in [0.5, 0.6) is 0 Å². The fourth-order valence-electron chi connectivity index (χ4n) is 1.94. The topological polar surface area (TPSA) is 88.6 Å². The Labute approximate surface area is 119 Å². The lowest BCUT2D eigenvalue weighted by Gasteiger charge is -2.13. The number of ether oxygens (including phenoxy) is 1. The zero-order valence-corrected chi connectivity index (χ0v) is 11.4. The molecule has 1 aliphatic heterocycles. The van der Waals surface area contributed by atoms with Crippen LogP contribution in [-0.4, -0.2) is 50.9 Å². The van der Waals surface area contributed by atoms with Crippen LogP contribution in [0.1, 0.15) is 0 Å². The molecule has 1 fully saturated rings. The Kier molecular flexibility index (Phi) is 4.02. The van der Waals surface area contributed by atoms with Crippen molar-refractivity contribution in [3.05, 3.63) is 30.7 Å². The first-order chi connectivity index (χ1) is 9.74. The van der Waals surface area contributed by atoms with Crippen LogP contribution < -0.4 is 0 Å². The zero-order chi connectivity index (χ0) is 13.9. The van der Waals surface area contributed by atoms with Gasteiger partial charge in [0.15, 0.2) is 10.9 Å². The first-order valence-corrected chi connectivity index (χ1v) is 7.20. The number of aliphatic hydroxyl groups is 2. The van der Waals surface area contributed by atoms with Crippen molar-refractivity contribution in [3.63, 3.8) is 0 Å². The lowest BCUT2D eigenvalue weighted by Crippen LogP contribution is -2.31. The Morgan fingerprint density at radius 2 is 2.25 bits per heavy atom. The summed E-state index contributed by atoms with van der Waals surface area (Å²) in [6.07, 6.45) is 1.19. The standard InChI is InChI=1S/C13H14N2O4S/c16-9-6-19-11(12(9)17)7-20-13-14-4-3-8(15-13)10-2-1-5-18-10/h1-5,9,11-12,16-17H,6-7H2. The number of aliphatic hydroxyl groups excluding tert-OH is 2. The van der Waals surface area contributed by atoms with Crippen LogP contribution in [-0.2, 0) is 4.74 Å². The number of hydrogen-bond acceptors (Lipinski definition) is 7. The Morgan fingerprint density at radius 1 is 1.35 bits per heavy atom. The molecule has 7 heteroatoms. The predicted molar refractivity (Wildman–Crippen MR) is 72.2 cm³/mol. The van der Waals surface area contributed by atoms with Crippen molar-refractivity contribution in [2.45, 2.75) is 23.5 Å². The fraction of sp³-hybridized carbons (Fsp3) is 0.385. The molecule has 0 spiro atoms. The Bertz CT molecular complexity index is 563. The minimum absolute atomic E-state index is 0.166. The monoisotopic (exact) mass is 294 g/mol. The summed E-state index contributed by atoms with van der Waals surface area (Å²) in [5.74, 6) is 1.17. The second kappa shape index (κ2) is 5.92. The van der Waals surface area contributed by atoms with Crippen LogP contribution in [0.25, 0.3) is 11.5 Å². The average molecular weight is 294 g/mol. The minimum atomic E-state index is -0.851. The molecule has 0 bridgehead atoms. The van der Waals surface area contributed by atoms with Gasteiger partial charge in [-0.05, 0) is 18.2 Å². The van der Waals surface area contributed by atoms with Gasteiger partial charge < -0.3 is 19.4 Å². The molecule has 0 saturated carbocycles. The highest BCUT2D eigenvalue weighted by atomic mass is 32.2. The molecule has 1 saturated heterocycles. The second-order valence-electron chi connectivity index (χ2n) is 4.44. The van der Waals surface area contributed by atoms with Crippen LogP contribution in [0.3, 0.4) is 0 Å². The van der Waals surface area contributed by atoms with Crippen LogP contribution in [0, 0.1) is 0 Å². The number of thioether (sulfide) groups is 1. The molecule has 1 aliphatic rings. The summed E-state index contributed by atoms with van der Waals surface area (Å²) in [4.78, 5) is 8.54. The second-order valence-corrected chi connectivity index (χ2v) is 5.43. The van der Waals surface area contributed by atoms with E-state index in [-0.39, 0.29) is 6.61 Å². The smallest absolute Gasteiger partial charge is 0.188 e. The highest BCUT2D eigenvalue weighted by molar-refractivity contribution is 7.99. The quantitative estimate of drug-likeness (QED) is 0.641. The average Bonchev–Trinajstić information content (AvgIpc) is 3.10. The van der Waals surface area contributed by atoms with Crippen molar-refractivity contribution in [3.8, 4) is 11.5 Å². The maximum Gasteiger partial charge on any atom is 0.188 e. The lowest BCUT2D eigenvalue weighted by atomic mass is 10.2. The predicted octanol–water partition coefficient (Wildman–Crippen LogP) is 0.949. The largest absolute Gasteiger partial charge is 0.463 e. The van der Waals surface area contributed by atoms with E-state index in [1.807, 2.05) is 6.07 Å². The Hall–Kier alpha value is -1.41. The van der Waals surface area contributed by atoms with Crippen LogP contribution in [0.4, 0.5) is 0 Å². The summed E-state index contributed by atoms with van der Waals surface area (Å²) in [6, 6.07) is 5.40. The summed E-state index contributed by atoms with van der Waals surface area (Å²) in [5, 5.41) is 19.7. The molecule has 0 aromatic carbocycles. The van der Waals surface area contributed by atoms with Gasteiger partial charge in [-0.25, -0.2) is 9.97 Å². The normalized spacial score (nSPS) is 26.0. The third kappa shape index (κ3) is 2.85. The van der Waals surface area contributed by atoms with Gasteiger partial charge in [-0.2, -0.15) is 0 Å². The van der Waals surface area contributed by atoms with Gasteiger partial charge in [0.05, 0.1) is 19.0 Å². The summed E-state index contributed by atoms with van der Waals surface area (Å²) in [6.45, 7) is 0.166. The molecular weight excluding hydrogens is 280 g/mol. The van der Waals surface area contributed by atoms with Gasteiger partial charge in [0.1, 0.15) is 17.9 Å². The van der Waals surface area contributed by atoms with Crippen LogP contribution in [0.15, 0.2) is 40.2 Å². The first kappa shape index (κ1) is 13.6. The minimum Gasteiger partial charge on any atom is -0.463 e. The maximum atomic E-state index is 9.70. The SMILES string of the molecule is OC1COC(CSc2nccc(-c3ccco3)n2)C1O. The highest BCUT2D eigenvalue weighted by Crippen LogP contribution is 2.24. The molecule has 3 unspecified atom stereocenters. The molecule has 0 amide bonds. The fourth-order valence-corrected chi connectivity index (χ4v) is 2.85. The molecular formula is C13H14N2O4S. The van der Waals surface area contributed by atoms with Crippen molar-refractivity contribution < 1.29 is 19.4 Å². The summed E-state index contributed by atoms with van der Waals surface area (Å²) in [5.41, 5.74) is 0.709. The number of rotatable bonds is 4. The van der Waals surface area contributed by atoms with E-state index in [0.29, 0.717) is 22.4 Å². The van der Waals surface area contributed by atoms with Crippen LogP contribution >= 0.6 is 11.8 Å². The number of hydrogen-bond donors (Lipinski definition) is 2. The Morgan fingerprint density at radius 3 is 2.95 bits per heavy atom. The van der Waals surface area contributed by atoms with E-state index >= 15 is 0 Å². The molecule has 0 aliphatic carbocycles. The maximum absolute atomic E-state index is 9.70. The molecule has 2 aromatic rings. The first-order valence-electron chi connectivity index (χ1n) is 6.21. The van der Waals surface area contributed by atoms with E-state index in [1.54, 1.807) is 24.6 Å². The van der Waals surface area contributed by atoms with E-state index in [2.05, 4.69) is 9.97 Å². The van der Waals surface area contributed by atoms with Gasteiger partial charge >= 0.3 is 0 Å². The molecule has 2 aromatic heterocycles. The molecule has 3 heterocycles. The Balaban J connectivity index is 1.65. The molecule has 3 atom stereocenters. The summed E-state index contributed by atoms with van der Waals surface area (Å²) >= 11 is 1.37. The van der Waals surface area contributed by atoms with E-state index in [1.165, 1.54) is 11.8 Å². The van der Waals surface area contributed by atoms with Gasteiger partial charge in [-0.3, -0.25) is 0 Å². The van der Waals surface area contributed by atoms with E-state index in [0.717, 1.165) is 0 Å². The third-order valence-corrected chi connectivity index (χ3v) is 3.99. The number of nitrogens with zero attached hydrogens (tertiary/aromatic N) is 2. The van der Waals surface area contributed by atoms with Gasteiger partial charge in [-0.1, -0.05) is 11.8 Å². The molecule has 0 radical (unpaired) electrons. The van der Waals surface area contributed by atoms with Crippen molar-refractivity contribution in [1.29, 1.82) is 0 Å². The highest BCUT2D eigenvalue weighted by Gasteiger charge is 2.34. The van der Waals surface area contributed by atoms with Gasteiger partial charge in [0, 0.05) is 11.9 Å². The summed E-state index contributed by atoms with van der Waals surface area (Å²) < 4.78 is 10.6. The molecule has 20 heavy (non-hydrogen) atoms. The number of furan rings is 1. The van der Waals surface area contributed by atoms with Crippen LogP contribution in [0.2, 0.25) is 0 Å². The third-order valence-electron chi connectivity index (χ3n) is 3.04. The van der Waals surface area contributed by atoms with Crippen molar-refractivity contribution in [1.82, 2.24) is 9.97 Å². The van der Waals surface area contributed by atoms with Crippen molar-refractivity contribution in [2.75, 3.05) is 12.4 Å². The molecule has 6 nitrogen and oxygen atoms in total. The zero-order valence-electron chi connectivity index (χ0n) is 10.5. The lowest BCUT2D eigenvalue weighted by molar-refractivity contribution is 0.0337. The number of aromatic nitrogens is 2. The van der Waals surface area contributed by atoms with Crippen molar-refractivity contribution in [2.24, 2.45) is 0 Å². The van der Waals surface area contributed by atoms with Gasteiger partial charge in [0.2, 0.25) is 0 Å². The van der Waals surface area contributed by atoms with E-state index in [4.69, 9.17) is 9.15 Å². The molecule has 3 rings (SSSR count). The van der Waals surface area contributed by atoms with Gasteiger partial charge in [-0.15, -0.1) is 0 Å². The van der Waals surface area contributed by atoms with Gasteiger partial charge in [0.25, 0.3) is 0 Å².